The molecule has 2 aromatic carbocycles. The van der Waals surface area contributed by atoms with Crippen molar-refractivity contribution in [1.29, 1.82) is 4.78 Å². The van der Waals surface area contributed by atoms with Gasteiger partial charge in [0.15, 0.2) is 0 Å². The summed E-state index contributed by atoms with van der Waals surface area (Å²) in [5.41, 5.74) is -5.15. The van der Waals surface area contributed by atoms with Crippen LogP contribution in [0, 0.1) is 17.5 Å². The van der Waals surface area contributed by atoms with E-state index in [1.54, 1.807) is 30.3 Å². The van der Waals surface area contributed by atoms with Crippen LogP contribution in [0.15, 0.2) is 42.5 Å². The molecule has 2 aromatic rings. The third-order valence-electron chi connectivity index (χ3n) is 5.81. The zero-order valence-electron chi connectivity index (χ0n) is 18.9. The molecule has 3 N–H and O–H groups in total. The highest BCUT2D eigenvalue weighted by Crippen LogP contribution is 2.32. The lowest BCUT2D eigenvalue weighted by molar-refractivity contribution is -0.148. The number of hydrogen-bond donors (Lipinski definition) is 3. The molecule has 1 amide bonds. The maximum absolute atomic E-state index is 15.5. The zero-order chi connectivity index (χ0) is 25.5. The van der Waals surface area contributed by atoms with Crippen molar-refractivity contribution in [2.24, 2.45) is 0 Å². The predicted molar refractivity (Wildman–Crippen MR) is 121 cm³/mol. The summed E-state index contributed by atoms with van der Waals surface area (Å²) in [6, 6.07) is 9.58. The Morgan fingerprint density at radius 2 is 1.88 bits per heavy atom. The Bertz CT molecular complexity index is 1180. The van der Waals surface area contributed by atoms with Crippen molar-refractivity contribution in [2.45, 2.75) is 56.8 Å². The summed E-state index contributed by atoms with van der Waals surface area (Å²) >= 11 is 0. The van der Waals surface area contributed by atoms with Crippen LogP contribution in [0.25, 0.3) is 11.1 Å². The van der Waals surface area contributed by atoms with E-state index < -0.39 is 44.8 Å². The van der Waals surface area contributed by atoms with Gasteiger partial charge in [-0.1, -0.05) is 48.0 Å². The molecule has 1 aliphatic rings. The molecule has 11 heteroatoms. The van der Waals surface area contributed by atoms with Crippen LogP contribution in [-0.2, 0) is 21.1 Å². The molecule has 1 heterocycles. The number of amides is 1. The van der Waals surface area contributed by atoms with E-state index in [9.17, 15) is 27.3 Å². The molecule has 1 saturated heterocycles. The molecule has 6 nitrogen and oxygen atoms in total. The molecule has 186 valence electrons. The van der Waals surface area contributed by atoms with Gasteiger partial charge in [0, 0.05) is 18.2 Å². The minimum Gasteiger partial charge on any atom is -0.381 e. The highest BCUT2D eigenvalue weighted by atomic mass is 32.2. The molecule has 3 atom stereocenters. The van der Waals surface area contributed by atoms with Gasteiger partial charge in [0.2, 0.25) is 9.92 Å². The van der Waals surface area contributed by atoms with Gasteiger partial charge in [-0.15, -0.1) is 0 Å². The fourth-order valence-electron chi connectivity index (χ4n) is 4.13. The highest BCUT2D eigenvalue weighted by Gasteiger charge is 2.48. The SMILES string of the molecule is Cc1cccc(-c2cccc(C[C@H]3[C@@H](NS(=N)(=O)C(F)(F)F)CCN3C(=O)C(C)(C)O)c2F)c1. The summed E-state index contributed by atoms with van der Waals surface area (Å²) in [5, 5.41) is 10.2. The first-order valence-corrected chi connectivity index (χ1v) is 12.2. The average molecular weight is 502 g/mol. The van der Waals surface area contributed by atoms with Crippen LogP contribution in [0.1, 0.15) is 31.4 Å². The molecular weight excluding hydrogens is 474 g/mol. The summed E-state index contributed by atoms with van der Waals surface area (Å²) < 4.78 is 76.0. The lowest BCUT2D eigenvalue weighted by Crippen LogP contribution is -2.53. The molecular formula is C23H27F4N3O3S. The maximum atomic E-state index is 15.5. The van der Waals surface area contributed by atoms with Crippen LogP contribution in [0.5, 0.6) is 0 Å². The van der Waals surface area contributed by atoms with Crippen molar-refractivity contribution in [3.05, 3.63) is 59.4 Å². The van der Waals surface area contributed by atoms with E-state index >= 15 is 4.39 Å². The number of benzene rings is 2. The normalized spacial score (nSPS) is 20.9. The monoisotopic (exact) mass is 501 g/mol. The number of aliphatic hydroxyl groups is 1. The van der Waals surface area contributed by atoms with Crippen LogP contribution in [0.3, 0.4) is 0 Å². The van der Waals surface area contributed by atoms with Gasteiger partial charge in [-0.3, -0.25) is 4.79 Å². The van der Waals surface area contributed by atoms with Gasteiger partial charge in [0.1, 0.15) is 11.4 Å². The van der Waals surface area contributed by atoms with Crippen molar-refractivity contribution >= 4 is 15.8 Å². The van der Waals surface area contributed by atoms with Gasteiger partial charge in [-0.25, -0.2) is 18.1 Å². The van der Waals surface area contributed by atoms with E-state index in [1.165, 1.54) is 24.8 Å². The number of alkyl halides is 3. The maximum Gasteiger partial charge on any atom is 0.492 e. The second-order valence-electron chi connectivity index (χ2n) is 8.99. The van der Waals surface area contributed by atoms with Crippen LogP contribution < -0.4 is 4.72 Å². The lowest BCUT2D eigenvalue weighted by atomic mass is 9.95. The molecule has 0 saturated carbocycles. The van der Waals surface area contributed by atoms with E-state index in [2.05, 4.69) is 0 Å². The number of hydrogen-bond acceptors (Lipinski definition) is 4. The highest BCUT2D eigenvalue weighted by molar-refractivity contribution is 7.91. The standard InChI is InChI=1S/C23H27F4N3O3S/c1-14-6-4-7-15(12-14)17-9-5-8-16(20(17)24)13-19-18(29-34(28,33)23(25,26)27)10-11-30(19)21(31)22(2,3)32/h4-9,12,18-19,32H,10-11,13H2,1-3H3,(H2,28,29,33)/t18-,19-,34?/m0/s1. The number of nitrogens with zero attached hydrogens (tertiary/aromatic N) is 1. The van der Waals surface area contributed by atoms with Crippen molar-refractivity contribution in [3.63, 3.8) is 0 Å². The topological polar surface area (TPSA) is 93.5 Å². The third kappa shape index (κ3) is 5.42. The van der Waals surface area contributed by atoms with E-state index in [4.69, 9.17) is 4.78 Å². The Labute approximate surface area is 196 Å². The Hall–Kier alpha value is -2.50. The minimum absolute atomic E-state index is 0.0439. The molecule has 0 spiro atoms. The largest absolute Gasteiger partial charge is 0.492 e. The van der Waals surface area contributed by atoms with E-state index in [0.29, 0.717) is 11.1 Å². The summed E-state index contributed by atoms with van der Waals surface area (Å²) in [6.45, 7) is 4.31. The van der Waals surface area contributed by atoms with Crippen molar-refractivity contribution in [1.82, 2.24) is 9.62 Å². The predicted octanol–water partition coefficient (Wildman–Crippen LogP) is 4.16. The second kappa shape index (κ2) is 9.27. The summed E-state index contributed by atoms with van der Waals surface area (Å²) in [4.78, 5) is 14.0. The number of halogens is 4. The molecule has 1 fully saturated rings. The first-order valence-electron chi connectivity index (χ1n) is 10.6. The first-order chi connectivity index (χ1) is 15.6. The molecule has 0 aliphatic carbocycles. The fourth-order valence-corrected chi connectivity index (χ4v) is 4.96. The van der Waals surface area contributed by atoms with Gasteiger partial charge in [0.05, 0.1) is 6.04 Å². The first kappa shape index (κ1) is 26.1. The van der Waals surface area contributed by atoms with Crippen LogP contribution >= 0.6 is 0 Å². The summed E-state index contributed by atoms with van der Waals surface area (Å²) in [6.07, 6.45) is -0.240. The van der Waals surface area contributed by atoms with Gasteiger partial charge in [-0.05, 0) is 44.7 Å². The molecule has 1 aliphatic heterocycles. The van der Waals surface area contributed by atoms with Gasteiger partial charge in [0.25, 0.3) is 5.91 Å². The van der Waals surface area contributed by atoms with E-state index in [0.717, 1.165) is 5.56 Å². The Balaban J connectivity index is 2.00. The van der Waals surface area contributed by atoms with Crippen LogP contribution in [-0.4, -0.2) is 49.9 Å². The van der Waals surface area contributed by atoms with Crippen molar-refractivity contribution in [3.8, 4) is 11.1 Å². The van der Waals surface area contributed by atoms with Gasteiger partial charge < -0.3 is 10.0 Å². The summed E-state index contributed by atoms with van der Waals surface area (Å²) in [5.74, 6) is -1.34. The molecule has 3 rings (SSSR count). The number of likely N-dealkylation sites (tertiary alicyclic amines) is 1. The number of nitrogens with one attached hydrogen (secondary N) is 2. The molecule has 34 heavy (non-hydrogen) atoms. The number of rotatable bonds is 6. The van der Waals surface area contributed by atoms with Crippen LogP contribution in [0.4, 0.5) is 17.6 Å². The van der Waals surface area contributed by atoms with Crippen molar-refractivity contribution < 1.29 is 31.7 Å². The fraction of sp³-hybridized carbons (Fsp3) is 0.435. The Morgan fingerprint density at radius 3 is 2.47 bits per heavy atom. The van der Waals surface area contributed by atoms with E-state index in [1.807, 2.05) is 17.7 Å². The molecule has 0 bridgehead atoms. The third-order valence-corrected chi connectivity index (χ3v) is 7.10. The van der Waals surface area contributed by atoms with Gasteiger partial charge >= 0.3 is 5.51 Å². The molecule has 1 unspecified atom stereocenters. The van der Waals surface area contributed by atoms with Crippen LogP contribution in [0.2, 0.25) is 0 Å². The Morgan fingerprint density at radius 1 is 1.24 bits per heavy atom. The van der Waals surface area contributed by atoms with Gasteiger partial charge in [-0.2, -0.15) is 13.2 Å². The molecule has 0 aromatic heterocycles. The molecule has 0 radical (unpaired) electrons. The quantitative estimate of drug-likeness (QED) is 0.519. The van der Waals surface area contributed by atoms with Crippen molar-refractivity contribution in [2.75, 3.05) is 6.54 Å². The number of carbonyl (C=O) groups is 1. The zero-order valence-corrected chi connectivity index (χ0v) is 19.8. The minimum atomic E-state index is -5.32. The average Bonchev–Trinajstić information content (AvgIpc) is 3.08. The lowest BCUT2D eigenvalue weighted by Gasteiger charge is -2.33. The summed E-state index contributed by atoms with van der Waals surface area (Å²) in [7, 11) is -5.20. The number of carbonyl (C=O) groups excluding carboxylic acids is 1. The Kier molecular flexibility index (Phi) is 7.12. The van der Waals surface area contributed by atoms with E-state index in [-0.39, 0.29) is 24.9 Å². The smallest absolute Gasteiger partial charge is 0.381 e. The number of aryl methyl sites for hydroxylation is 1. The second-order valence-corrected chi connectivity index (χ2v) is 10.8.